The minimum Gasteiger partial charge on any atom is -0.338 e. The highest BCUT2D eigenvalue weighted by Crippen LogP contribution is 2.41. The van der Waals surface area contributed by atoms with Crippen LogP contribution in [0.3, 0.4) is 0 Å². The average molecular weight is 399 g/mol. The second kappa shape index (κ2) is 7.86. The third-order valence-corrected chi connectivity index (χ3v) is 6.69. The summed E-state index contributed by atoms with van der Waals surface area (Å²) in [6.45, 7) is 2.06. The molecule has 5 nitrogen and oxygen atoms in total. The topological polar surface area (TPSA) is 51.0 Å². The number of rotatable bonds is 7. The predicted molar refractivity (Wildman–Crippen MR) is 110 cm³/mol. The van der Waals surface area contributed by atoms with Gasteiger partial charge in [-0.25, -0.2) is 0 Å². The van der Waals surface area contributed by atoms with Crippen LogP contribution in [-0.2, 0) is 4.79 Å². The molecule has 1 aliphatic rings. The SMILES string of the molecule is CC(c1ccccc1)N(C)C(=O)CSc1nnc(-c2cccs2)n1C1CC1. The molecule has 0 saturated heterocycles. The smallest absolute Gasteiger partial charge is 0.233 e. The summed E-state index contributed by atoms with van der Waals surface area (Å²) in [5, 5.41) is 11.7. The van der Waals surface area contributed by atoms with E-state index < -0.39 is 0 Å². The minimum atomic E-state index is 0.0438. The van der Waals surface area contributed by atoms with E-state index in [1.54, 1.807) is 16.2 Å². The van der Waals surface area contributed by atoms with Crippen LogP contribution in [0.4, 0.5) is 0 Å². The number of benzene rings is 1. The van der Waals surface area contributed by atoms with Crippen molar-refractivity contribution in [2.24, 2.45) is 0 Å². The van der Waals surface area contributed by atoms with Crippen molar-refractivity contribution in [3.8, 4) is 10.7 Å². The average Bonchev–Trinajstić information content (AvgIpc) is 3.22. The number of carbonyl (C=O) groups is 1. The van der Waals surface area contributed by atoms with Crippen molar-refractivity contribution in [3.63, 3.8) is 0 Å². The van der Waals surface area contributed by atoms with Crippen LogP contribution in [0.1, 0.15) is 37.4 Å². The van der Waals surface area contributed by atoms with Crippen LogP contribution < -0.4 is 0 Å². The Kier molecular flexibility index (Phi) is 5.31. The Morgan fingerprint density at radius 3 is 2.70 bits per heavy atom. The van der Waals surface area contributed by atoms with Gasteiger partial charge in [0.05, 0.1) is 16.7 Å². The minimum absolute atomic E-state index is 0.0438. The molecule has 1 aromatic carbocycles. The zero-order chi connectivity index (χ0) is 18.8. The Balaban J connectivity index is 1.45. The Morgan fingerprint density at radius 1 is 1.26 bits per heavy atom. The van der Waals surface area contributed by atoms with Gasteiger partial charge in [0, 0.05) is 13.1 Å². The van der Waals surface area contributed by atoms with Gasteiger partial charge in [-0.05, 0) is 36.8 Å². The summed E-state index contributed by atoms with van der Waals surface area (Å²) in [5.74, 6) is 1.39. The van der Waals surface area contributed by atoms with E-state index in [2.05, 4.69) is 45.3 Å². The van der Waals surface area contributed by atoms with E-state index in [-0.39, 0.29) is 11.9 Å². The molecule has 0 spiro atoms. The molecular weight excluding hydrogens is 376 g/mol. The van der Waals surface area contributed by atoms with E-state index in [1.165, 1.54) is 11.8 Å². The number of thiophene rings is 1. The molecule has 0 bridgehead atoms. The molecule has 2 heterocycles. The predicted octanol–water partition coefficient (Wildman–Crippen LogP) is 4.65. The maximum absolute atomic E-state index is 12.7. The van der Waals surface area contributed by atoms with Crippen molar-refractivity contribution in [1.82, 2.24) is 19.7 Å². The zero-order valence-electron chi connectivity index (χ0n) is 15.4. The monoisotopic (exact) mass is 398 g/mol. The molecule has 0 N–H and O–H groups in total. The molecule has 0 radical (unpaired) electrons. The Labute approximate surface area is 167 Å². The van der Waals surface area contributed by atoms with Crippen LogP contribution >= 0.6 is 23.1 Å². The van der Waals surface area contributed by atoms with Crippen molar-refractivity contribution in [3.05, 3.63) is 53.4 Å². The molecule has 0 aliphatic heterocycles. The maximum atomic E-state index is 12.7. The normalized spacial score (nSPS) is 14.9. The van der Waals surface area contributed by atoms with E-state index in [0.717, 1.165) is 34.3 Å². The van der Waals surface area contributed by atoms with Crippen molar-refractivity contribution < 1.29 is 4.79 Å². The number of hydrogen-bond donors (Lipinski definition) is 0. The zero-order valence-corrected chi connectivity index (χ0v) is 17.0. The molecule has 1 saturated carbocycles. The fourth-order valence-electron chi connectivity index (χ4n) is 3.01. The number of nitrogens with zero attached hydrogens (tertiary/aromatic N) is 4. The number of hydrogen-bond acceptors (Lipinski definition) is 5. The Hall–Kier alpha value is -2.12. The number of amides is 1. The van der Waals surface area contributed by atoms with Crippen LogP contribution in [0.15, 0.2) is 53.0 Å². The number of thioether (sulfide) groups is 1. The van der Waals surface area contributed by atoms with Crippen LogP contribution in [0, 0.1) is 0 Å². The summed E-state index contributed by atoms with van der Waals surface area (Å²) < 4.78 is 2.21. The molecule has 4 rings (SSSR count). The molecule has 2 aromatic heterocycles. The fraction of sp³-hybridized carbons (Fsp3) is 0.350. The Bertz CT molecular complexity index is 903. The summed E-state index contributed by atoms with van der Waals surface area (Å²) in [6, 6.07) is 14.7. The molecule has 27 heavy (non-hydrogen) atoms. The molecule has 1 fully saturated rings. The van der Waals surface area contributed by atoms with Crippen LogP contribution in [0.5, 0.6) is 0 Å². The van der Waals surface area contributed by atoms with E-state index in [9.17, 15) is 4.79 Å². The molecular formula is C20H22N4OS2. The second-order valence-electron chi connectivity index (χ2n) is 6.76. The first-order valence-electron chi connectivity index (χ1n) is 9.07. The van der Waals surface area contributed by atoms with Crippen LogP contribution in [0.2, 0.25) is 0 Å². The highest BCUT2D eigenvalue weighted by atomic mass is 32.2. The first-order chi connectivity index (χ1) is 13.1. The first-order valence-corrected chi connectivity index (χ1v) is 10.9. The van der Waals surface area contributed by atoms with Gasteiger partial charge in [-0.3, -0.25) is 9.36 Å². The molecule has 140 valence electrons. The lowest BCUT2D eigenvalue weighted by atomic mass is 10.1. The summed E-state index contributed by atoms with van der Waals surface area (Å²) in [7, 11) is 1.86. The molecule has 3 aromatic rings. The van der Waals surface area contributed by atoms with Crippen molar-refractivity contribution in [2.75, 3.05) is 12.8 Å². The van der Waals surface area contributed by atoms with Crippen molar-refractivity contribution in [2.45, 2.75) is 37.0 Å². The van der Waals surface area contributed by atoms with Gasteiger partial charge >= 0.3 is 0 Å². The van der Waals surface area contributed by atoms with Gasteiger partial charge in [0.25, 0.3) is 0 Å². The summed E-state index contributed by atoms with van der Waals surface area (Å²) >= 11 is 3.16. The maximum Gasteiger partial charge on any atom is 0.233 e. The van der Waals surface area contributed by atoms with Gasteiger partial charge in [-0.2, -0.15) is 0 Å². The van der Waals surface area contributed by atoms with Gasteiger partial charge in [0.1, 0.15) is 0 Å². The van der Waals surface area contributed by atoms with E-state index >= 15 is 0 Å². The molecule has 7 heteroatoms. The lowest BCUT2D eigenvalue weighted by Gasteiger charge is -2.25. The summed E-state index contributed by atoms with van der Waals surface area (Å²) in [4.78, 5) is 15.6. The highest BCUT2D eigenvalue weighted by molar-refractivity contribution is 7.99. The quantitative estimate of drug-likeness (QED) is 0.544. The van der Waals surface area contributed by atoms with Gasteiger partial charge < -0.3 is 4.90 Å². The van der Waals surface area contributed by atoms with Gasteiger partial charge in [0.15, 0.2) is 11.0 Å². The van der Waals surface area contributed by atoms with Gasteiger partial charge in [-0.1, -0.05) is 48.2 Å². The first kappa shape index (κ1) is 18.3. The number of carbonyl (C=O) groups excluding carboxylic acids is 1. The van der Waals surface area contributed by atoms with Gasteiger partial charge in [-0.15, -0.1) is 21.5 Å². The molecule has 1 atom stereocenters. The third kappa shape index (κ3) is 3.94. The van der Waals surface area contributed by atoms with E-state index in [1.807, 2.05) is 31.3 Å². The fourth-order valence-corrected chi connectivity index (χ4v) is 4.65. The summed E-state index contributed by atoms with van der Waals surface area (Å²) in [6.07, 6.45) is 2.31. The van der Waals surface area contributed by atoms with E-state index in [4.69, 9.17) is 0 Å². The van der Waals surface area contributed by atoms with Gasteiger partial charge in [0.2, 0.25) is 5.91 Å². The highest BCUT2D eigenvalue weighted by Gasteiger charge is 2.31. The lowest BCUT2D eigenvalue weighted by molar-refractivity contribution is -0.128. The van der Waals surface area contributed by atoms with Crippen LogP contribution in [-0.4, -0.2) is 38.4 Å². The molecule has 1 aliphatic carbocycles. The van der Waals surface area contributed by atoms with Crippen molar-refractivity contribution in [1.29, 1.82) is 0 Å². The third-order valence-electron chi connectivity index (χ3n) is 4.90. The Morgan fingerprint density at radius 2 is 2.04 bits per heavy atom. The second-order valence-corrected chi connectivity index (χ2v) is 8.65. The molecule has 1 unspecified atom stereocenters. The lowest BCUT2D eigenvalue weighted by Crippen LogP contribution is -2.31. The van der Waals surface area contributed by atoms with E-state index in [0.29, 0.717) is 11.8 Å². The largest absolute Gasteiger partial charge is 0.338 e. The molecule has 1 amide bonds. The van der Waals surface area contributed by atoms with Crippen molar-refractivity contribution >= 4 is 29.0 Å². The standard InChI is InChI=1S/C20H22N4OS2/c1-14(15-7-4-3-5-8-15)23(2)18(25)13-27-20-22-21-19(17-9-6-12-26-17)24(20)16-10-11-16/h3-9,12,14,16H,10-11,13H2,1-2H3. The number of aromatic nitrogens is 3. The van der Waals surface area contributed by atoms with Crippen LogP contribution in [0.25, 0.3) is 10.7 Å². The summed E-state index contributed by atoms with van der Waals surface area (Å²) in [5.41, 5.74) is 1.14.